The molecule has 0 saturated carbocycles. The number of benzene rings is 5. The molecule has 0 aliphatic carbocycles. The van der Waals surface area contributed by atoms with Gasteiger partial charge in [0.05, 0.1) is 34.0 Å². The van der Waals surface area contributed by atoms with E-state index in [1.807, 2.05) is 24.4 Å². The molecule has 0 aliphatic heterocycles. The molecule has 182 valence electrons. The first-order chi connectivity index (χ1) is 19.3. The molecule has 39 heavy (non-hydrogen) atoms. The number of fused-ring (bicyclic) bond motifs is 7. The van der Waals surface area contributed by atoms with Gasteiger partial charge in [-0.1, -0.05) is 109 Å². The van der Waals surface area contributed by atoms with Gasteiger partial charge in [0, 0.05) is 32.8 Å². The van der Waals surface area contributed by atoms with Gasteiger partial charge < -0.3 is 4.57 Å². The van der Waals surface area contributed by atoms with E-state index in [2.05, 4.69) is 120 Å². The minimum Gasteiger partial charge on any atom is -0.308 e. The van der Waals surface area contributed by atoms with Gasteiger partial charge in [0.2, 0.25) is 0 Å². The van der Waals surface area contributed by atoms with Crippen molar-refractivity contribution in [2.45, 2.75) is 0 Å². The third-order valence-corrected chi connectivity index (χ3v) is 7.63. The van der Waals surface area contributed by atoms with Crippen LogP contribution in [0.2, 0.25) is 0 Å². The van der Waals surface area contributed by atoms with Crippen molar-refractivity contribution in [3.05, 3.63) is 140 Å². The molecule has 0 aliphatic rings. The number of aromatic nitrogens is 3. The summed E-state index contributed by atoms with van der Waals surface area (Å²) in [5, 5.41) is 4.63. The van der Waals surface area contributed by atoms with Gasteiger partial charge in [0.1, 0.15) is 0 Å². The molecule has 0 spiro atoms. The van der Waals surface area contributed by atoms with E-state index in [9.17, 15) is 0 Å². The van der Waals surface area contributed by atoms with Gasteiger partial charge in [-0.3, -0.25) is 4.98 Å². The molecule has 0 fully saturated rings. The van der Waals surface area contributed by atoms with Gasteiger partial charge in [-0.2, -0.15) is 0 Å². The zero-order chi connectivity index (χ0) is 25.8. The van der Waals surface area contributed by atoms with E-state index in [0.29, 0.717) is 0 Å². The van der Waals surface area contributed by atoms with E-state index < -0.39 is 0 Å². The highest BCUT2D eigenvalue weighted by Gasteiger charge is 2.17. The molecule has 0 unspecified atom stereocenters. The first-order valence-electron chi connectivity index (χ1n) is 13.2. The second-order valence-corrected chi connectivity index (χ2v) is 9.88. The minimum absolute atomic E-state index is 0.930. The molecule has 3 aromatic heterocycles. The molecule has 0 radical (unpaired) electrons. The Labute approximate surface area is 225 Å². The summed E-state index contributed by atoms with van der Waals surface area (Å²) < 4.78 is 2.32. The van der Waals surface area contributed by atoms with Gasteiger partial charge in [-0.05, 0) is 35.4 Å². The molecule has 0 atom stereocenters. The van der Waals surface area contributed by atoms with Crippen LogP contribution in [0.25, 0.3) is 71.7 Å². The van der Waals surface area contributed by atoms with Crippen LogP contribution in [0, 0.1) is 0 Å². The maximum atomic E-state index is 5.09. The Hall–Kier alpha value is -5.28. The second-order valence-electron chi connectivity index (χ2n) is 9.88. The van der Waals surface area contributed by atoms with Gasteiger partial charge in [0.25, 0.3) is 0 Å². The fraction of sp³-hybridized carbons (Fsp3) is 0. The maximum absolute atomic E-state index is 5.09. The molecular formula is C36H23N3. The third-order valence-electron chi connectivity index (χ3n) is 7.63. The lowest BCUT2D eigenvalue weighted by molar-refractivity contribution is 1.17. The summed E-state index contributed by atoms with van der Waals surface area (Å²) in [6.07, 6.45) is 2.01. The van der Waals surface area contributed by atoms with Gasteiger partial charge in [-0.25, -0.2) is 4.98 Å². The second kappa shape index (κ2) is 8.64. The van der Waals surface area contributed by atoms with E-state index in [0.717, 1.165) is 44.3 Å². The van der Waals surface area contributed by atoms with Gasteiger partial charge in [-0.15, -0.1) is 0 Å². The van der Waals surface area contributed by atoms with E-state index in [1.165, 1.54) is 27.4 Å². The van der Waals surface area contributed by atoms with Crippen LogP contribution < -0.4 is 0 Å². The van der Waals surface area contributed by atoms with Crippen molar-refractivity contribution in [3.8, 4) is 28.1 Å². The number of pyridine rings is 2. The summed E-state index contributed by atoms with van der Waals surface area (Å²) in [4.78, 5) is 10.1. The summed E-state index contributed by atoms with van der Waals surface area (Å²) in [7, 11) is 0. The van der Waals surface area contributed by atoms with Crippen molar-refractivity contribution in [1.82, 2.24) is 14.5 Å². The fourth-order valence-electron chi connectivity index (χ4n) is 5.78. The van der Waals surface area contributed by atoms with Crippen molar-refractivity contribution in [2.24, 2.45) is 0 Å². The number of hydrogen-bond donors (Lipinski definition) is 0. The van der Waals surface area contributed by atoms with Crippen LogP contribution in [0.3, 0.4) is 0 Å². The molecule has 3 nitrogen and oxygen atoms in total. The average molecular weight is 498 g/mol. The van der Waals surface area contributed by atoms with Crippen molar-refractivity contribution < 1.29 is 0 Å². The summed E-state index contributed by atoms with van der Waals surface area (Å²) in [5.74, 6) is 0. The summed E-state index contributed by atoms with van der Waals surface area (Å²) in [5.41, 5.74) is 9.72. The molecule has 0 N–H and O–H groups in total. The summed E-state index contributed by atoms with van der Waals surface area (Å²) >= 11 is 0. The number of hydrogen-bond acceptors (Lipinski definition) is 2. The van der Waals surface area contributed by atoms with E-state index in [4.69, 9.17) is 9.97 Å². The maximum Gasteiger partial charge on any atom is 0.0972 e. The summed E-state index contributed by atoms with van der Waals surface area (Å²) in [6.45, 7) is 0. The lowest BCUT2D eigenvalue weighted by Gasteiger charge is -2.10. The minimum atomic E-state index is 0.930. The van der Waals surface area contributed by atoms with Crippen LogP contribution in [0.15, 0.2) is 140 Å². The van der Waals surface area contributed by atoms with Crippen molar-refractivity contribution in [2.75, 3.05) is 0 Å². The average Bonchev–Trinajstić information content (AvgIpc) is 3.36. The van der Waals surface area contributed by atoms with Crippen molar-refractivity contribution >= 4 is 43.6 Å². The van der Waals surface area contributed by atoms with Crippen LogP contribution in [-0.2, 0) is 0 Å². The van der Waals surface area contributed by atoms with E-state index >= 15 is 0 Å². The lowest BCUT2D eigenvalue weighted by Crippen LogP contribution is -1.95. The van der Waals surface area contributed by atoms with Gasteiger partial charge >= 0.3 is 0 Å². The van der Waals surface area contributed by atoms with Crippen LogP contribution >= 0.6 is 0 Å². The highest BCUT2D eigenvalue weighted by atomic mass is 15.0. The van der Waals surface area contributed by atoms with E-state index in [-0.39, 0.29) is 0 Å². The molecular weight excluding hydrogens is 474 g/mol. The highest BCUT2D eigenvalue weighted by Crippen LogP contribution is 2.38. The van der Waals surface area contributed by atoms with Crippen LogP contribution in [-0.4, -0.2) is 14.5 Å². The summed E-state index contributed by atoms with van der Waals surface area (Å²) in [6, 6.07) is 46.9. The van der Waals surface area contributed by atoms with Crippen molar-refractivity contribution in [3.63, 3.8) is 0 Å². The Morgan fingerprint density at radius 2 is 1.13 bits per heavy atom. The Morgan fingerprint density at radius 3 is 1.92 bits per heavy atom. The molecule has 8 aromatic rings. The fourth-order valence-corrected chi connectivity index (χ4v) is 5.78. The normalized spacial score (nSPS) is 11.6. The first kappa shape index (κ1) is 21.8. The third kappa shape index (κ3) is 3.44. The molecule has 3 heteroatoms. The van der Waals surface area contributed by atoms with Gasteiger partial charge in [0.15, 0.2) is 0 Å². The zero-order valence-corrected chi connectivity index (χ0v) is 21.1. The Bertz CT molecular complexity index is 2140. The highest BCUT2D eigenvalue weighted by molar-refractivity contribution is 6.23. The molecule has 0 saturated heterocycles. The van der Waals surface area contributed by atoms with Crippen molar-refractivity contribution in [1.29, 1.82) is 0 Å². The quantitative estimate of drug-likeness (QED) is 0.228. The molecule has 8 rings (SSSR count). The van der Waals surface area contributed by atoms with Crippen LogP contribution in [0.4, 0.5) is 0 Å². The number of nitrogens with zero attached hydrogens (tertiary/aromatic N) is 3. The standard InChI is InChI=1S/C36H23N3/c1-3-9-24(10-4-1)25-15-19-28(20-16-25)39-32-14-8-7-13-29(32)34-30-21-17-27-18-22-31(26-11-5-2-6-12-26)38-35(27)36(30)37-23-33(34)39/h1-23H. The predicted octanol–water partition coefficient (Wildman–Crippen LogP) is 9.21. The Morgan fingerprint density at radius 1 is 0.462 bits per heavy atom. The van der Waals surface area contributed by atoms with Crippen LogP contribution in [0.1, 0.15) is 0 Å². The molecule has 0 amide bonds. The lowest BCUT2D eigenvalue weighted by atomic mass is 10.0. The first-order valence-corrected chi connectivity index (χ1v) is 13.2. The number of rotatable bonds is 3. The number of para-hydroxylation sites is 1. The molecule has 3 heterocycles. The smallest absolute Gasteiger partial charge is 0.0972 e. The molecule has 0 bridgehead atoms. The van der Waals surface area contributed by atoms with E-state index in [1.54, 1.807) is 0 Å². The Balaban J connectivity index is 1.38. The van der Waals surface area contributed by atoms with Crippen LogP contribution in [0.5, 0.6) is 0 Å². The topological polar surface area (TPSA) is 30.7 Å². The zero-order valence-electron chi connectivity index (χ0n) is 21.1. The SMILES string of the molecule is c1ccc(-c2ccc(-n3c4ccccc4c4c5ccc6ccc(-c7ccccc7)nc6c5ncc43)cc2)cc1. The largest absolute Gasteiger partial charge is 0.308 e. The monoisotopic (exact) mass is 497 g/mol. The predicted molar refractivity (Wildman–Crippen MR) is 162 cm³/mol. The molecule has 5 aromatic carbocycles. The Kier molecular flexibility index (Phi) is 4.82.